The highest BCUT2D eigenvalue weighted by molar-refractivity contribution is 7.68. The summed E-state index contributed by atoms with van der Waals surface area (Å²) in [5.41, 5.74) is -3.10. The Labute approximate surface area is 237 Å². The van der Waals surface area contributed by atoms with Gasteiger partial charge in [0.1, 0.15) is 50.5 Å². The van der Waals surface area contributed by atoms with Crippen molar-refractivity contribution < 1.29 is 38.3 Å². The van der Waals surface area contributed by atoms with E-state index < -0.39 is 85.4 Å². The van der Waals surface area contributed by atoms with Crippen molar-refractivity contribution in [3.8, 4) is 0 Å². The maximum absolute atomic E-state index is 14.8. The maximum atomic E-state index is 14.8. The second-order valence-corrected chi connectivity index (χ2v) is 11.3. The molecule has 0 aliphatic carbocycles. The zero-order valence-corrected chi connectivity index (χ0v) is 24.0. The number of ether oxygens (including phenoxy) is 2. The molecule has 230 valence electrons. The van der Waals surface area contributed by atoms with Crippen molar-refractivity contribution in [2.24, 2.45) is 0 Å². The molecule has 0 saturated carbocycles. The third kappa shape index (κ3) is 6.58. The van der Waals surface area contributed by atoms with Crippen molar-refractivity contribution in [1.82, 2.24) is 24.3 Å². The van der Waals surface area contributed by atoms with Crippen LogP contribution in [0.1, 0.15) is 43.3 Å². The summed E-state index contributed by atoms with van der Waals surface area (Å²) in [4.78, 5) is 88.9. The predicted molar refractivity (Wildman–Crippen MR) is 142 cm³/mol. The second-order valence-electron chi connectivity index (χ2n) is 9.91. The van der Waals surface area contributed by atoms with E-state index in [0.29, 0.717) is 0 Å². The Bertz CT molecular complexity index is 1590. The standard InChI is InChI=1S/C24H31FN5O11P/c1-11-7-28(23(35)26-20(11)32)18-5-14(25)17(40-18)10-42(37)22(34)13(3)30(38-4)41-15-6-19(39-16(15)9-31)29-8-12(2)21(33)27-24(29)36/h7-8,10,13-19,31H,5-6,9H2,1-4H3,(H,26,32,35)(H,27,33,36)/t13-,14+,15+,16-,17+,18-,19-/m1/s1. The molecule has 2 aliphatic rings. The van der Waals surface area contributed by atoms with Gasteiger partial charge in [0.15, 0.2) is 6.04 Å². The van der Waals surface area contributed by atoms with Crippen molar-refractivity contribution in [3.63, 3.8) is 0 Å². The summed E-state index contributed by atoms with van der Waals surface area (Å²) in [7, 11) is -1.65. The highest BCUT2D eigenvalue weighted by Gasteiger charge is 2.42. The number of carbonyl (C=O) groups is 1. The number of halogens is 1. The van der Waals surface area contributed by atoms with E-state index in [1.54, 1.807) is 0 Å². The van der Waals surface area contributed by atoms with Crippen molar-refractivity contribution in [2.45, 2.75) is 76.6 Å². The number of aromatic amines is 2. The Balaban J connectivity index is 1.44. The Hall–Kier alpha value is -3.15. The highest BCUT2D eigenvalue weighted by Crippen LogP contribution is 2.33. The minimum absolute atomic E-state index is 0.0140. The molecule has 4 heterocycles. The first kappa shape index (κ1) is 31.8. The molecular weight excluding hydrogens is 584 g/mol. The minimum atomic E-state index is -2.84. The van der Waals surface area contributed by atoms with E-state index >= 15 is 0 Å². The maximum Gasteiger partial charge on any atom is 0.340 e. The molecule has 2 saturated heterocycles. The van der Waals surface area contributed by atoms with Gasteiger partial charge in [0, 0.05) is 36.4 Å². The summed E-state index contributed by atoms with van der Waals surface area (Å²) in [6.45, 7) is 3.78. The normalized spacial score (nSPS) is 27.1. The van der Waals surface area contributed by atoms with E-state index in [4.69, 9.17) is 19.1 Å². The molecule has 2 aromatic heterocycles. The number of carbonyl (C=O) groups excluding carboxylic acids is 1. The van der Waals surface area contributed by atoms with Crippen LogP contribution in [0.15, 0.2) is 31.6 Å². The average Bonchev–Trinajstić information content (AvgIpc) is 3.52. The number of aliphatic hydroxyl groups is 1. The molecule has 0 aromatic carbocycles. The quantitative estimate of drug-likeness (QED) is 0.201. The summed E-state index contributed by atoms with van der Waals surface area (Å²) in [5, 5.41) is 10.6. The fourth-order valence-corrected chi connectivity index (χ4v) is 5.74. The lowest BCUT2D eigenvalue weighted by atomic mass is 10.2. The second kappa shape index (κ2) is 13.0. The van der Waals surface area contributed by atoms with Gasteiger partial charge in [0.25, 0.3) is 11.1 Å². The van der Waals surface area contributed by atoms with Crippen LogP contribution in [0.4, 0.5) is 4.39 Å². The van der Waals surface area contributed by atoms with Crippen LogP contribution < -0.4 is 27.4 Å². The number of hydrogen-bond donors (Lipinski definition) is 3. The molecule has 18 heteroatoms. The molecular formula is C24H31FN5O11P. The monoisotopic (exact) mass is 615 g/mol. The molecule has 3 N–H and O–H groups in total. The fourth-order valence-electron chi connectivity index (χ4n) is 4.61. The lowest BCUT2D eigenvalue weighted by Gasteiger charge is -2.27. The molecule has 16 nitrogen and oxygen atoms in total. The topological polar surface area (TPSA) is 210 Å². The predicted octanol–water partition coefficient (Wildman–Crippen LogP) is -1.75. The number of nitrogens with zero attached hydrogens (tertiary/aromatic N) is 3. The Morgan fingerprint density at radius 2 is 1.69 bits per heavy atom. The van der Waals surface area contributed by atoms with Crippen LogP contribution in [0.5, 0.6) is 0 Å². The van der Waals surface area contributed by atoms with Gasteiger partial charge in [-0.1, -0.05) is 5.23 Å². The molecule has 4 rings (SSSR count). The summed E-state index contributed by atoms with van der Waals surface area (Å²) >= 11 is 0. The number of nitrogens with one attached hydrogen (secondary N) is 2. The largest absolute Gasteiger partial charge is 0.624 e. The number of rotatable bonds is 10. The van der Waals surface area contributed by atoms with Gasteiger partial charge in [-0.25, -0.2) is 18.8 Å². The molecule has 2 aliphatic heterocycles. The van der Waals surface area contributed by atoms with Crippen molar-refractivity contribution in [1.29, 1.82) is 0 Å². The van der Waals surface area contributed by atoms with E-state index in [9.17, 15) is 38.4 Å². The number of alkyl halides is 1. The molecule has 1 unspecified atom stereocenters. The number of aliphatic hydroxyl groups excluding tert-OH is 1. The van der Waals surface area contributed by atoms with Gasteiger partial charge in [-0.3, -0.25) is 38.4 Å². The Kier molecular flexibility index (Phi) is 9.84. The number of hydroxylamine groups is 2. The van der Waals surface area contributed by atoms with Crippen molar-refractivity contribution in [3.05, 3.63) is 65.2 Å². The molecule has 0 bridgehead atoms. The first-order chi connectivity index (χ1) is 19.8. The van der Waals surface area contributed by atoms with E-state index in [1.807, 2.05) is 0 Å². The number of H-pyrrole nitrogens is 2. The molecule has 0 radical (unpaired) electrons. The Morgan fingerprint density at radius 1 is 1.14 bits per heavy atom. The van der Waals surface area contributed by atoms with Crippen LogP contribution in [-0.2, 0) is 23.9 Å². The molecule has 2 aromatic rings. The molecule has 42 heavy (non-hydrogen) atoms. The SMILES string of the molecule is CON(O[C@H]1C[C@H](n2cc(C)c(=O)[nH]c2=O)O[C@@H]1CO)[C@H](C)C(=O)[P+]([O-])=C[C@@H]1O[C@@H](n2cc(C)c(=O)[nH]c2=O)C[C@@H]1F. The lowest BCUT2D eigenvalue weighted by Crippen LogP contribution is -2.43. The zero-order valence-electron chi connectivity index (χ0n) is 23.1. The van der Waals surface area contributed by atoms with E-state index in [2.05, 4.69) is 9.97 Å². The number of aromatic nitrogens is 4. The van der Waals surface area contributed by atoms with Gasteiger partial charge in [-0.2, -0.15) is 0 Å². The first-order valence-corrected chi connectivity index (χ1v) is 14.2. The van der Waals surface area contributed by atoms with Crippen LogP contribution in [-0.4, -0.2) is 85.0 Å². The zero-order chi connectivity index (χ0) is 30.9. The van der Waals surface area contributed by atoms with E-state index in [0.717, 1.165) is 20.2 Å². The molecule has 2 fully saturated rings. The van der Waals surface area contributed by atoms with E-state index in [-0.39, 0.29) is 24.0 Å². The first-order valence-electron chi connectivity index (χ1n) is 12.9. The third-order valence-corrected chi connectivity index (χ3v) is 8.34. The van der Waals surface area contributed by atoms with Crippen LogP contribution in [0.3, 0.4) is 0 Å². The average molecular weight is 616 g/mol. The lowest BCUT2D eigenvalue weighted by molar-refractivity contribution is -0.388. The van der Waals surface area contributed by atoms with Crippen molar-refractivity contribution >= 4 is 19.1 Å². The van der Waals surface area contributed by atoms with Gasteiger partial charge < -0.3 is 19.5 Å². The molecule has 8 atom stereocenters. The summed E-state index contributed by atoms with van der Waals surface area (Å²) in [5.74, 6) is 0.909. The smallest absolute Gasteiger partial charge is 0.340 e. The van der Waals surface area contributed by atoms with Gasteiger partial charge in [-0.15, -0.1) is 0 Å². The summed E-state index contributed by atoms with van der Waals surface area (Å²) in [6, 6.07) is -1.29. The van der Waals surface area contributed by atoms with Crippen LogP contribution >= 0.6 is 7.77 Å². The highest BCUT2D eigenvalue weighted by atomic mass is 31.1. The van der Waals surface area contributed by atoms with Gasteiger partial charge in [-0.05, 0) is 20.8 Å². The number of hydrogen-bond acceptors (Lipinski definition) is 12. The van der Waals surface area contributed by atoms with Gasteiger partial charge in [0.2, 0.25) is 0 Å². The molecule has 0 amide bonds. The van der Waals surface area contributed by atoms with Crippen LogP contribution in [0, 0.1) is 13.8 Å². The number of aryl methyl sites for hydroxylation is 2. The molecule has 0 spiro atoms. The van der Waals surface area contributed by atoms with Gasteiger partial charge in [0.05, 0.1) is 13.7 Å². The summed E-state index contributed by atoms with van der Waals surface area (Å²) < 4.78 is 28.2. The fraction of sp³-hybridized carbons (Fsp3) is 0.583. The van der Waals surface area contributed by atoms with Crippen LogP contribution in [0.25, 0.3) is 0 Å². The van der Waals surface area contributed by atoms with Gasteiger partial charge >= 0.3 is 16.9 Å². The Morgan fingerprint density at radius 3 is 2.21 bits per heavy atom. The van der Waals surface area contributed by atoms with Crippen LogP contribution in [0.2, 0.25) is 0 Å². The minimum Gasteiger partial charge on any atom is -0.624 e. The third-order valence-electron chi connectivity index (χ3n) is 6.96. The summed E-state index contributed by atoms with van der Waals surface area (Å²) in [6.07, 6.45) is -4.69. The van der Waals surface area contributed by atoms with E-state index in [1.165, 1.54) is 40.3 Å². The van der Waals surface area contributed by atoms with Crippen molar-refractivity contribution in [2.75, 3.05) is 13.7 Å².